The molecule has 0 fully saturated rings. The summed E-state index contributed by atoms with van der Waals surface area (Å²) in [7, 11) is 6.77. The van der Waals surface area contributed by atoms with Gasteiger partial charge in [-0.25, -0.2) is 0 Å². The molecule has 0 saturated heterocycles. The highest BCUT2D eigenvalue weighted by Gasteiger charge is 2.12. The smallest absolute Gasteiger partial charge is 0.200 e. The van der Waals surface area contributed by atoms with Gasteiger partial charge >= 0.3 is 0 Å². The third kappa shape index (κ3) is 6.46. The van der Waals surface area contributed by atoms with E-state index < -0.39 is 0 Å². The minimum Gasteiger partial charge on any atom is -0.502 e. The van der Waals surface area contributed by atoms with Crippen LogP contribution in [0.5, 0.6) is 17.2 Å². The summed E-state index contributed by atoms with van der Waals surface area (Å²) >= 11 is 0. The van der Waals surface area contributed by atoms with Crippen LogP contribution < -0.4 is 14.8 Å². The number of phenolic OH excluding ortho intramolecular Hbond substituents is 1. The maximum Gasteiger partial charge on any atom is 0.200 e. The van der Waals surface area contributed by atoms with Gasteiger partial charge in [0.15, 0.2) is 17.5 Å². The quantitative estimate of drug-likeness (QED) is 0.210. The number of guanidine groups is 1. The van der Waals surface area contributed by atoms with Crippen LogP contribution in [-0.2, 0) is 6.54 Å². The molecule has 136 valence electrons. The van der Waals surface area contributed by atoms with Crippen molar-refractivity contribution < 1.29 is 14.6 Å². The summed E-state index contributed by atoms with van der Waals surface area (Å²) in [6.45, 7) is 5.17. The summed E-state index contributed by atoms with van der Waals surface area (Å²) in [5.41, 5.74) is 0.928. The van der Waals surface area contributed by atoms with E-state index in [2.05, 4.69) is 21.8 Å². The van der Waals surface area contributed by atoms with Crippen LogP contribution >= 0.6 is 24.0 Å². The first-order valence-electron chi connectivity index (χ1n) is 7.53. The second kappa shape index (κ2) is 11.8. The molecule has 0 spiro atoms. The van der Waals surface area contributed by atoms with Crippen molar-refractivity contribution in [3.05, 3.63) is 30.4 Å². The lowest BCUT2D eigenvalue weighted by Gasteiger charge is -2.22. The molecule has 24 heavy (non-hydrogen) atoms. The van der Waals surface area contributed by atoms with Crippen molar-refractivity contribution in [2.45, 2.75) is 19.4 Å². The maximum absolute atomic E-state index is 9.94. The van der Waals surface area contributed by atoms with E-state index in [4.69, 9.17) is 9.47 Å². The van der Waals surface area contributed by atoms with Crippen molar-refractivity contribution in [1.29, 1.82) is 0 Å². The topological polar surface area (TPSA) is 66.3 Å². The Morgan fingerprint density at radius 2 is 1.92 bits per heavy atom. The molecule has 0 saturated carbocycles. The third-order valence-electron chi connectivity index (χ3n) is 3.47. The standard InChI is InChI=1S/C17H27N3O3.HI/c1-6-7-8-9-20(3)17(18-2)19-12-13-10-14(22-4)16(21)15(11-13)23-5;/h6,10-11,21H,1,7-9,12H2,2-5H3,(H,18,19);1H. The maximum atomic E-state index is 9.94. The molecule has 1 rings (SSSR count). The fraction of sp³-hybridized carbons (Fsp3) is 0.471. The molecule has 0 amide bonds. The van der Waals surface area contributed by atoms with Crippen molar-refractivity contribution in [1.82, 2.24) is 10.2 Å². The van der Waals surface area contributed by atoms with E-state index in [1.165, 1.54) is 14.2 Å². The van der Waals surface area contributed by atoms with Crippen molar-refractivity contribution in [2.24, 2.45) is 4.99 Å². The van der Waals surface area contributed by atoms with Gasteiger partial charge in [0.25, 0.3) is 0 Å². The molecule has 1 aromatic carbocycles. The Labute approximate surface area is 161 Å². The van der Waals surface area contributed by atoms with Crippen LogP contribution in [0.15, 0.2) is 29.8 Å². The van der Waals surface area contributed by atoms with E-state index in [9.17, 15) is 5.11 Å². The van der Waals surface area contributed by atoms with Crippen LogP contribution in [0, 0.1) is 0 Å². The van der Waals surface area contributed by atoms with Gasteiger partial charge in [0.2, 0.25) is 5.75 Å². The lowest BCUT2D eigenvalue weighted by Crippen LogP contribution is -2.38. The Bertz CT molecular complexity index is 525. The van der Waals surface area contributed by atoms with E-state index in [-0.39, 0.29) is 29.7 Å². The molecule has 1 aromatic rings. The van der Waals surface area contributed by atoms with Gasteiger partial charge in [-0.2, -0.15) is 0 Å². The number of nitrogens with one attached hydrogen (secondary N) is 1. The molecule has 0 unspecified atom stereocenters. The molecule has 6 nitrogen and oxygen atoms in total. The molecule has 0 aliphatic heterocycles. The predicted molar refractivity (Wildman–Crippen MR) is 109 cm³/mol. The second-order valence-corrected chi connectivity index (χ2v) is 5.10. The number of benzene rings is 1. The summed E-state index contributed by atoms with van der Waals surface area (Å²) in [6, 6.07) is 3.55. The number of methoxy groups -OCH3 is 2. The summed E-state index contributed by atoms with van der Waals surface area (Å²) in [5.74, 6) is 1.58. The van der Waals surface area contributed by atoms with Gasteiger partial charge in [0, 0.05) is 27.2 Å². The lowest BCUT2D eigenvalue weighted by molar-refractivity contribution is 0.339. The van der Waals surface area contributed by atoms with Gasteiger partial charge in [0.05, 0.1) is 14.2 Å². The number of unbranched alkanes of at least 4 members (excludes halogenated alkanes) is 1. The SMILES string of the molecule is C=CCCCN(C)C(=NC)NCc1cc(OC)c(O)c(OC)c1.I. The summed E-state index contributed by atoms with van der Waals surface area (Å²) < 4.78 is 10.3. The van der Waals surface area contributed by atoms with E-state index in [1.54, 1.807) is 19.2 Å². The fourth-order valence-corrected chi connectivity index (χ4v) is 2.19. The van der Waals surface area contributed by atoms with Gasteiger partial charge in [-0.05, 0) is 30.5 Å². The minimum atomic E-state index is 0. The van der Waals surface area contributed by atoms with Gasteiger partial charge in [-0.3, -0.25) is 4.99 Å². The van der Waals surface area contributed by atoms with Crippen LogP contribution in [0.4, 0.5) is 0 Å². The molecule has 7 heteroatoms. The molecule has 0 aliphatic rings. The zero-order chi connectivity index (χ0) is 17.2. The summed E-state index contributed by atoms with van der Waals surface area (Å²) in [5, 5.41) is 13.2. The van der Waals surface area contributed by atoms with Gasteiger partial charge in [-0.1, -0.05) is 6.08 Å². The Balaban J connectivity index is 0.00000529. The Morgan fingerprint density at radius 1 is 1.33 bits per heavy atom. The summed E-state index contributed by atoms with van der Waals surface area (Å²) in [6.07, 6.45) is 3.92. The number of hydrogen-bond acceptors (Lipinski definition) is 4. The first kappa shape index (κ1) is 22.4. The number of nitrogens with zero attached hydrogens (tertiary/aromatic N) is 2. The fourth-order valence-electron chi connectivity index (χ4n) is 2.19. The van der Waals surface area contributed by atoms with E-state index in [0.717, 1.165) is 30.9 Å². The normalized spacial score (nSPS) is 10.6. The molecule has 0 aliphatic carbocycles. The molecule has 0 atom stereocenters. The van der Waals surface area contributed by atoms with Crippen molar-refractivity contribution in [3.8, 4) is 17.2 Å². The molecular weight excluding hydrogens is 421 g/mol. The predicted octanol–water partition coefficient (Wildman–Crippen LogP) is 3.00. The number of aromatic hydroxyl groups is 1. The monoisotopic (exact) mass is 449 g/mol. The molecule has 0 bridgehead atoms. The lowest BCUT2D eigenvalue weighted by atomic mass is 10.2. The van der Waals surface area contributed by atoms with Crippen LogP contribution in [0.2, 0.25) is 0 Å². The highest BCUT2D eigenvalue weighted by atomic mass is 127. The van der Waals surface area contributed by atoms with Crippen LogP contribution in [0.3, 0.4) is 0 Å². The van der Waals surface area contributed by atoms with Gasteiger partial charge in [-0.15, -0.1) is 30.6 Å². The Kier molecular flexibility index (Phi) is 11.0. The highest BCUT2D eigenvalue weighted by molar-refractivity contribution is 14.0. The average Bonchev–Trinajstić information content (AvgIpc) is 2.56. The minimum absolute atomic E-state index is 0. The zero-order valence-corrected chi connectivity index (χ0v) is 17.2. The number of halogens is 1. The van der Waals surface area contributed by atoms with Crippen LogP contribution in [0.25, 0.3) is 0 Å². The zero-order valence-electron chi connectivity index (χ0n) is 14.8. The number of hydrogen-bond donors (Lipinski definition) is 2. The van der Waals surface area contributed by atoms with Gasteiger partial charge in [0.1, 0.15) is 0 Å². The van der Waals surface area contributed by atoms with Crippen LogP contribution in [0.1, 0.15) is 18.4 Å². The van der Waals surface area contributed by atoms with E-state index in [1.807, 2.05) is 13.1 Å². The van der Waals surface area contributed by atoms with Crippen molar-refractivity contribution >= 4 is 29.9 Å². The Morgan fingerprint density at radius 3 is 2.38 bits per heavy atom. The molecule has 0 aromatic heterocycles. The molecule has 2 N–H and O–H groups in total. The van der Waals surface area contributed by atoms with E-state index in [0.29, 0.717) is 18.0 Å². The highest BCUT2D eigenvalue weighted by Crippen LogP contribution is 2.36. The van der Waals surface area contributed by atoms with Crippen molar-refractivity contribution in [3.63, 3.8) is 0 Å². The number of allylic oxidation sites excluding steroid dienone is 1. The summed E-state index contributed by atoms with van der Waals surface area (Å²) in [4.78, 5) is 6.35. The number of phenols is 1. The second-order valence-electron chi connectivity index (χ2n) is 5.10. The first-order valence-corrected chi connectivity index (χ1v) is 7.53. The number of rotatable bonds is 8. The number of aliphatic imine (C=N–C) groups is 1. The van der Waals surface area contributed by atoms with Crippen LogP contribution in [-0.4, -0.2) is 50.8 Å². The Hall–Kier alpha value is -1.64. The number of ether oxygens (including phenoxy) is 2. The molecule has 0 heterocycles. The van der Waals surface area contributed by atoms with Gasteiger partial charge < -0.3 is 24.8 Å². The molecular formula is C17H28IN3O3. The third-order valence-corrected chi connectivity index (χ3v) is 3.47. The first-order chi connectivity index (χ1) is 11.1. The molecule has 0 radical (unpaired) electrons. The largest absolute Gasteiger partial charge is 0.502 e. The average molecular weight is 449 g/mol. The van der Waals surface area contributed by atoms with E-state index >= 15 is 0 Å². The van der Waals surface area contributed by atoms with Crippen molar-refractivity contribution in [2.75, 3.05) is 34.9 Å².